The minimum absolute atomic E-state index is 0.0491. The molecule has 0 unspecified atom stereocenters. The number of ether oxygens (including phenoxy) is 2. The lowest BCUT2D eigenvalue weighted by molar-refractivity contribution is -0.116. The van der Waals surface area contributed by atoms with Gasteiger partial charge in [-0.15, -0.1) is 0 Å². The fourth-order valence-corrected chi connectivity index (χ4v) is 3.94. The van der Waals surface area contributed by atoms with Gasteiger partial charge in [-0.25, -0.2) is 4.98 Å². The first-order chi connectivity index (χ1) is 17.9. The third kappa shape index (κ3) is 7.11. The van der Waals surface area contributed by atoms with E-state index in [4.69, 9.17) is 21.1 Å². The number of methoxy groups -OCH3 is 2. The van der Waals surface area contributed by atoms with Gasteiger partial charge in [0.1, 0.15) is 17.2 Å². The number of nitrogens with zero attached hydrogens (tertiary/aromatic N) is 2. The van der Waals surface area contributed by atoms with E-state index in [0.29, 0.717) is 35.8 Å². The molecule has 0 fully saturated rings. The second kappa shape index (κ2) is 12.1. The fraction of sp³-hybridized carbons (Fsp3) is 0.179. The zero-order chi connectivity index (χ0) is 26.2. The predicted molar refractivity (Wildman–Crippen MR) is 144 cm³/mol. The Labute approximate surface area is 220 Å². The van der Waals surface area contributed by atoms with Crippen LogP contribution in [0.3, 0.4) is 0 Å². The molecule has 4 rings (SSSR count). The second-order valence-corrected chi connectivity index (χ2v) is 8.74. The van der Waals surface area contributed by atoms with Gasteiger partial charge in [0.2, 0.25) is 5.91 Å². The van der Waals surface area contributed by atoms with E-state index in [1.54, 1.807) is 37.8 Å². The number of benzene rings is 3. The standard InChI is InChI=1S/C28H27ClN4O4/c1-36-23-11-5-19(6-12-23)7-14-27(34)31-21-8-3-20(4-9-21)16-33-17-25(30-18-33)28(35)32-22-10-13-26(37-2)24(29)15-22/h3-6,8-13,15,17-18H,7,14,16H2,1-2H3,(H,31,34)(H,32,35). The number of amides is 2. The monoisotopic (exact) mass is 518 g/mol. The smallest absolute Gasteiger partial charge is 0.275 e. The highest BCUT2D eigenvalue weighted by atomic mass is 35.5. The normalized spacial score (nSPS) is 10.6. The molecule has 0 saturated carbocycles. The molecule has 0 aliphatic heterocycles. The van der Waals surface area contributed by atoms with Crippen molar-refractivity contribution in [2.45, 2.75) is 19.4 Å². The van der Waals surface area contributed by atoms with Crippen molar-refractivity contribution in [2.75, 3.05) is 24.9 Å². The zero-order valence-corrected chi connectivity index (χ0v) is 21.3. The molecule has 0 radical (unpaired) electrons. The molecule has 1 aromatic heterocycles. The van der Waals surface area contributed by atoms with Crippen LogP contribution in [-0.2, 0) is 17.8 Å². The maximum Gasteiger partial charge on any atom is 0.275 e. The molecule has 190 valence electrons. The summed E-state index contributed by atoms with van der Waals surface area (Å²) in [7, 11) is 3.15. The number of imidazole rings is 1. The van der Waals surface area contributed by atoms with E-state index in [2.05, 4.69) is 15.6 Å². The summed E-state index contributed by atoms with van der Waals surface area (Å²) in [5, 5.41) is 6.11. The Morgan fingerprint density at radius 3 is 2.27 bits per heavy atom. The van der Waals surface area contributed by atoms with Gasteiger partial charge in [0.15, 0.2) is 0 Å². The number of carbonyl (C=O) groups excluding carboxylic acids is 2. The molecule has 0 atom stereocenters. The Kier molecular flexibility index (Phi) is 8.43. The van der Waals surface area contributed by atoms with Crippen molar-refractivity contribution >= 4 is 34.8 Å². The minimum Gasteiger partial charge on any atom is -0.497 e. The van der Waals surface area contributed by atoms with Crippen LogP contribution in [0.2, 0.25) is 5.02 Å². The highest BCUT2D eigenvalue weighted by Crippen LogP contribution is 2.27. The molecule has 0 spiro atoms. The number of nitrogens with one attached hydrogen (secondary N) is 2. The Bertz CT molecular complexity index is 1370. The number of rotatable bonds is 10. The van der Waals surface area contributed by atoms with Gasteiger partial charge in [0, 0.05) is 30.5 Å². The van der Waals surface area contributed by atoms with Crippen LogP contribution in [0.15, 0.2) is 79.3 Å². The van der Waals surface area contributed by atoms with E-state index in [0.717, 1.165) is 22.6 Å². The molecule has 4 aromatic rings. The summed E-state index contributed by atoms with van der Waals surface area (Å²) in [6.07, 6.45) is 4.31. The lowest BCUT2D eigenvalue weighted by atomic mass is 10.1. The van der Waals surface area contributed by atoms with Crippen molar-refractivity contribution in [3.05, 3.63) is 101 Å². The molecule has 1 heterocycles. The van der Waals surface area contributed by atoms with Crippen LogP contribution in [0, 0.1) is 0 Å². The van der Waals surface area contributed by atoms with Crippen LogP contribution < -0.4 is 20.1 Å². The summed E-state index contributed by atoms with van der Waals surface area (Å²) in [6, 6.07) is 20.3. The molecule has 0 aliphatic carbocycles. The molecule has 0 saturated heterocycles. The topological polar surface area (TPSA) is 94.5 Å². The lowest BCUT2D eigenvalue weighted by Crippen LogP contribution is -2.12. The van der Waals surface area contributed by atoms with Crippen LogP contribution in [0.4, 0.5) is 11.4 Å². The van der Waals surface area contributed by atoms with Gasteiger partial charge in [-0.3, -0.25) is 9.59 Å². The largest absolute Gasteiger partial charge is 0.497 e. The maximum absolute atomic E-state index is 12.6. The van der Waals surface area contributed by atoms with Gasteiger partial charge < -0.3 is 24.7 Å². The molecule has 2 amide bonds. The van der Waals surface area contributed by atoms with Gasteiger partial charge in [-0.2, -0.15) is 0 Å². The first-order valence-corrected chi connectivity index (χ1v) is 12.0. The average molecular weight is 519 g/mol. The van der Waals surface area contributed by atoms with E-state index in [9.17, 15) is 9.59 Å². The molecule has 8 nitrogen and oxygen atoms in total. The maximum atomic E-state index is 12.6. The zero-order valence-electron chi connectivity index (χ0n) is 20.5. The lowest BCUT2D eigenvalue weighted by Gasteiger charge is -2.08. The second-order valence-electron chi connectivity index (χ2n) is 8.33. The molecule has 9 heteroatoms. The van der Waals surface area contributed by atoms with Crippen molar-refractivity contribution in [3.63, 3.8) is 0 Å². The Morgan fingerprint density at radius 1 is 0.892 bits per heavy atom. The van der Waals surface area contributed by atoms with Gasteiger partial charge in [-0.05, 0) is 60.0 Å². The first kappa shape index (κ1) is 25.8. The highest BCUT2D eigenvalue weighted by Gasteiger charge is 2.12. The molecular formula is C28H27ClN4O4. The van der Waals surface area contributed by atoms with E-state index in [1.807, 2.05) is 53.1 Å². The number of aryl methyl sites for hydroxylation is 1. The molecule has 0 aliphatic rings. The van der Waals surface area contributed by atoms with E-state index in [1.165, 1.54) is 7.11 Å². The number of anilines is 2. The van der Waals surface area contributed by atoms with Gasteiger partial charge >= 0.3 is 0 Å². The highest BCUT2D eigenvalue weighted by molar-refractivity contribution is 6.32. The quantitative estimate of drug-likeness (QED) is 0.292. The fourth-order valence-electron chi connectivity index (χ4n) is 3.68. The molecule has 0 bridgehead atoms. The summed E-state index contributed by atoms with van der Waals surface area (Å²) in [5.41, 5.74) is 3.64. The van der Waals surface area contributed by atoms with Crippen LogP contribution in [-0.4, -0.2) is 35.6 Å². The Morgan fingerprint density at radius 2 is 1.59 bits per heavy atom. The van der Waals surface area contributed by atoms with E-state index in [-0.39, 0.29) is 17.5 Å². The van der Waals surface area contributed by atoms with Crippen LogP contribution in [0.1, 0.15) is 28.0 Å². The summed E-state index contributed by atoms with van der Waals surface area (Å²) >= 11 is 6.12. The molecular weight excluding hydrogens is 492 g/mol. The summed E-state index contributed by atoms with van der Waals surface area (Å²) in [6.45, 7) is 0.528. The van der Waals surface area contributed by atoms with Gasteiger partial charge in [0.25, 0.3) is 5.91 Å². The summed E-state index contributed by atoms with van der Waals surface area (Å²) < 4.78 is 12.1. The van der Waals surface area contributed by atoms with Gasteiger partial charge in [0.05, 0.1) is 25.6 Å². The third-order valence-electron chi connectivity index (χ3n) is 5.68. The van der Waals surface area contributed by atoms with Crippen molar-refractivity contribution in [1.29, 1.82) is 0 Å². The third-order valence-corrected chi connectivity index (χ3v) is 5.97. The molecule has 3 aromatic carbocycles. The summed E-state index contributed by atoms with van der Waals surface area (Å²) in [5.74, 6) is 0.935. The van der Waals surface area contributed by atoms with Crippen LogP contribution >= 0.6 is 11.6 Å². The number of halogens is 1. The van der Waals surface area contributed by atoms with Crippen molar-refractivity contribution < 1.29 is 19.1 Å². The van der Waals surface area contributed by atoms with E-state index >= 15 is 0 Å². The van der Waals surface area contributed by atoms with Crippen LogP contribution in [0.25, 0.3) is 0 Å². The number of carbonyl (C=O) groups is 2. The molecule has 37 heavy (non-hydrogen) atoms. The average Bonchev–Trinajstić information content (AvgIpc) is 3.38. The molecule has 2 N–H and O–H groups in total. The predicted octanol–water partition coefficient (Wildman–Crippen LogP) is 5.43. The summed E-state index contributed by atoms with van der Waals surface area (Å²) in [4.78, 5) is 29.1. The first-order valence-electron chi connectivity index (χ1n) is 11.6. The number of hydrogen-bond acceptors (Lipinski definition) is 5. The van der Waals surface area contributed by atoms with Crippen LogP contribution in [0.5, 0.6) is 11.5 Å². The minimum atomic E-state index is -0.340. The van der Waals surface area contributed by atoms with Crippen molar-refractivity contribution in [1.82, 2.24) is 9.55 Å². The number of hydrogen-bond donors (Lipinski definition) is 2. The van der Waals surface area contributed by atoms with E-state index < -0.39 is 0 Å². The number of aromatic nitrogens is 2. The van der Waals surface area contributed by atoms with Gasteiger partial charge in [-0.1, -0.05) is 35.9 Å². The Hall–Kier alpha value is -4.30. The van der Waals surface area contributed by atoms with Crippen molar-refractivity contribution in [2.24, 2.45) is 0 Å². The Balaban J connectivity index is 1.27. The SMILES string of the molecule is COc1ccc(CCC(=O)Nc2ccc(Cn3cnc(C(=O)Nc4ccc(OC)c(Cl)c4)c3)cc2)cc1. The van der Waals surface area contributed by atoms with Crippen molar-refractivity contribution in [3.8, 4) is 11.5 Å².